The first-order valence-electron chi connectivity index (χ1n) is 10.3. The fourth-order valence-electron chi connectivity index (χ4n) is 3.68. The number of aliphatic hydroxyl groups is 1. The second-order valence-electron chi connectivity index (χ2n) is 7.69. The van der Waals surface area contributed by atoms with Crippen molar-refractivity contribution in [3.8, 4) is 11.5 Å². The lowest BCUT2D eigenvalue weighted by molar-refractivity contribution is -0.274. The Kier molecular flexibility index (Phi) is 7.32. The van der Waals surface area contributed by atoms with E-state index < -0.39 is 41.7 Å². The summed E-state index contributed by atoms with van der Waals surface area (Å²) >= 11 is 6.21. The highest BCUT2D eigenvalue weighted by atomic mass is 35.5. The Morgan fingerprint density at radius 1 is 1.26 bits per heavy atom. The minimum absolute atomic E-state index is 0.0350. The zero-order chi connectivity index (χ0) is 25.3. The molecule has 1 amide bonds. The van der Waals surface area contributed by atoms with Gasteiger partial charge in [0.15, 0.2) is 18.8 Å². The van der Waals surface area contributed by atoms with Gasteiger partial charge in [-0.3, -0.25) is 4.79 Å². The van der Waals surface area contributed by atoms with Crippen LogP contribution in [0, 0.1) is 0 Å². The predicted molar refractivity (Wildman–Crippen MR) is 117 cm³/mol. The molecule has 184 valence electrons. The SMILES string of the molecule is CCOC(=O)COc1ccc(Cl)c(C(C)C(O)(c2ccc3c(c2)N(C)C(=O)CO3)C(F)(F)F)c1. The Morgan fingerprint density at radius 3 is 2.62 bits per heavy atom. The molecular formula is C23H23ClF3NO6. The molecule has 2 aromatic rings. The van der Waals surface area contributed by atoms with E-state index in [9.17, 15) is 27.9 Å². The Hall–Kier alpha value is -2.98. The van der Waals surface area contributed by atoms with Crippen molar-refractivity contribution in [2.24, 2.45) is 0 Å². The first-order chi connectivity index (χ1) is 15.9. The van der Waals surface area contributed by atoms with Gasteiger partial charge < -0.3 is 24.2 Å². The van der Waals surface area contributed by atoms with Crippen LogP contribution in [0.5, 0.6) is 11.5 Å². The molecule has 0 aromatic heterocycles. The van der Waals surface area contributed by atoms with E-state index in [-0.39, 0.29) is 41.0 Å². The van der Waals surface area contributed by atoms with E-state index in [1.807, 2.05) is 0 Å². The number of carbonyl (C=O) groups is 2. The van der Waals surface area contributed by atoms with Crippen molar-refractivity contribution in [1.29, 1.82) is 0 Å². The Bertz CT molecular complexity index is 1090. The molecule has 1 aliphatic rings. The Morgan fingerprint density at radius 2 is 1.97 bits per heavy atom. The number of ether oxygens (including phenoxy) is 3. The molecule has 0 radical (unpaired) electrons. The molecule has 0 fully saturated rings. The van der Waals surface area contributed by atoms with Crippen LogP contribution in [-0.2, 0) is 19.9 Å². The maximum atomic E-state index is 14.4. The number of alkyl halides is 3. The van der Waals surface area contributed by atoms with Crippen LogP contribution in [0.1, 0.15) is 30.9 Å². The number of anilines is 1. The topological polar surface area (TPSA) is 85.3 Å². The van der Waals surface area contributed by atoms with Gasteiger partial charge in [0.05, 0.1) is 12.3 Å². The molecule has 11 heteroatoms. The summed E-state index contributed by atoms with van der Waals surface area (Å²) in [6, 6.07) is 7.39. The molecule has 0 bridgehead atoms. The number of rotatable bonds is 7. The van der Waals surface area contributed by atoms with Crippen molar-refractivity contribution in [1.82, 2.24) is 0 Å². The van der Waals surface area contributed by atoms with Crippen LogP contribution in [0.15, 0.2) is 36.4 Å². The lowest BCUT2D eigenvalue weighted by Crippen LogP contribution is -2.47. The molecule has 0 spiro atoms. The number of fused-ring (bicyclic) bond motifs is 1. The van der Waals surface area contributed by atoms with E-state index >= 15 is 0 Å². The standard InChI is InChI=1S/C23H23ClF3NO6/c1-4-32-21(30)12-33-15-6-7-17(24)16(10-15)13(2)22(31,23(25,26)27)14-5-8-19-18(9-14)28(3)20(29)11-34-19/h5-10,13,31H,4,11-12H2,1-3H3. The molecule has 7 nitrogen and oxygen atoms in total. The molecule has 0 saturated heterocycles. The van der Waals surface area contributed by atoms with E-state index in [0.29, 0.717) is 0 Å². The highest BCUT2D eigenvalue weighted by Crippen LogP contribution is 2.51. The number of hydrogen-bond donors (Lipinski definition) is 1. The van der Waals surface area contributed by atoms with Gasteiger partial charge in [0.25, 0.3) is 5.91 Å². The largest absolute Gasteiger partial charge is 0.482 e. The molecule has 1 N–H and O–H groups in total. The minimum atomic E-state index is -5.12. The van der Waals surface area contributed by atoms with Crippen LogP contribution in [0.4, 0.5) is 18.9 Å². The van der Waals surface area contributed by atoms with Crippen molar-refractivity contribution in [3.05, 3.63) is 52.5 Å². The monoisotopic (exact) mass is 501 g/mol. The Balaban J connectivity index is 2.03. The van der Waals surface area contributed by atoms with Gasteiger partial charge in [0, 0.05) is 18.0 Å². The third kappa shape index (κ3) is 4.78. The smallest absolute Gasteiger partial charge is 0.422 e. The number of likely N-dealkylation sites (N-methyl/N-ethyl adjacent to an activating group) is 1. The predicted octanol–water partition coefficient (Wildman–Crippen LogP) is 4.19. The molecule has 2 unspecified atom stereocenters. The fraction of sp³-hybridized carbons (Fsp3) is 0.391. The maximum Gasteiger partial charge on any atom is 0.422 e. The lowest BCUT2D eigenvalue weighted by atomic mass is 9.77. The Labute approximate surface area is 199 Å². The quantitative estimate of drug-likeness (QED) is 0.573. The number of nitrogens with zero attached hydrogens (tertiary/aromatic N) is 1. The molecule has 2 atom stereocenters. The summed E-state index contributed by atoms with van der Waals surface area (Å²) in [6.07, 6.45) is -5.12. The maximum absolute atomic E-state index is 14.4. The molecule has 34 heavy (non-hydrogen) atoms. The summed E-state index contributed by atoms with van der Waals surface area (Å²) in [4.78, 5) is 24.7. The van der Waals surface area contributed by atoms with Gasteiger partial charge in [-0.1, -0.05) is 24.6 Å². The number of esters is 1. The molecule has 1 heterocycles. The van der Waals surface area contributed by atoms with Gasteiger partial charge in [0.1, 0.15) is 11.5 Å². The van der Waals surface area contributed by atoms with Gasteiger partial charge in [-0.05, 0) is 48.4 Å². The van der Waals surface area contributed by atoms with Crippen LogP contribution in [-0.4, -0.2) is 50.0 Å². The third-order valence-electron chi connectivity index (χ3n) is 5.64. The number of halogens is 4. The van der Waals surface area contributed by atoms with Crippen LogP contribution >= 0.6 is 11.6 Å². The van der Waals surface area contributed by atoms with E-state index in [2.05, 4.69) is 0 Å². The third-order valence-corrected chi connectivity index (χ3v) is 5.98. The van der Waals surface area contributed by atoms with E-state index in [0.717, 1.165) is 12.1 Å². The summed E-state index contributed by atoms with van der Waals surface area (Å²) < 4.78 is 58.6. The summed E-state index contributed by atoms with van der Waals surface area (Å²) in [7, 11) is 1.41. The van der Waals surface area contributed by atoms with E-state index in [1.165, 1.54) is 43.1 Å². The molecule has 1 aliphatic heterocycles. The molecular weight excluding hydrogens is 479 g/mol. The van der Waals surface area contributed by atoms with Crippen molar-refractivity contribution in [2.75, 3.05) is 31.8 Å². The minimum Gasteiger partial charge on any atom is -0.482 e. The van der Waals surface area contributed by atoms with Gasteiger partial charge in [-0.25, -0.2) is 4.79 Å². The van der Waals surface area contributed by atoms with Gasteiger partial charge in [-0.2, -0.15) is 13.2 Å². The van der Waals surface area contributed by atoms with Gasteiger partial charge in [-0.15, -0.1) is 0 Å². The lowest BCUT2D eigenvalue weighted by Gasteiger charge is -2.38. The van der Waals surface area contributed by atoms with Crippen molar-refractivity contribution >= 4 is 29.2 Å². The average molecular weight is 502 g/mol. The van der Waals surface area contributed by atoms with Gasteiger partial charge in [0.2, 0.25) is 0 Å². The van der Waals surface area contributed by atoms with Crippen LogP contribution in [0.25, 0.3) is 0 Å². The van der Waals surface area contributed by atoms with Crippen LogP contribution in [0.3, 0.4) is 0 Å². The zero-order valence-corrected chi connectivity index (χ0v) is 19.4. The summed E-state index contributed by atoms with van der Waals surface area (Å²) in [5, 5.41) is 11.1. The molecule has 2 aromatic carbocycles. The number of benzene rings is 2. The number of amides is 1. The molecule has 3 rings (SSSR count). The first kappa shape index (κ1) is 25.6. The van der Waals surface area contributed by atoms with Crippen molar-refractivity contribution in [2.45, 2.75) is 31.5 Å². The highest BCUT2D eigenvalue weighted by Gasteiger charge is 2.59. The second kappa shape index (κ2) is 9.71. The second-order valence-corrected chi connectivity index (χ2v) is 8.09. The normalized spacial score (nSPS) is 16.2. The van der Waals surface area contributed by atoms with Crippen LogP contribution in [0.2, 0.25) is 5.02 Å². The average Bonchev–Trinajstić information content (AvgIpc) is 2.79. The highest BCUT2D eigenvalue weighted by molar-refractivity contribution is 6.31. The number of carbonyl (C=O) groups excluding carboxylic acids is 2. The molecule has 0 aliphatic carbocycles. The first-order valence-corrected chi connectivity index (χ1v) is 10.7. The van der Waals surface area contributed by atoms with Crippen LogP contribution < -0.4 is 14.4 Å². The summed E-state index contributed by atoms with van der Waals surface area (Å²) in [5.41, 5.74) is -3.83. The van der Waals surface area contributed by atoms with E-state index in [1.54, 1.807) is 6.92 Å². The zero-order valence-electron chi connectivity index (χ0n) is 18.6. The summed E-state index contributed by atoms with van der Waals surface area (Å²) in [6.45, 7) is 2.26. The number of hydrogen-bond acceptors (Lipinski definition) is 6. The van der Waals surface area contributed by atoms with Crippen molar-refractivity contribution < 1.29 is 42.1 Å². The van der Waals surface area contributed by atoms with E-state index in [4.69, 9.17) is 25.8 Å². The summed E-state index contributed by atoms with van der Waals surface area (Å²) in [5.74, 6) is -2.39. The fourth-order valence-corrected chi connectivity index (χ4v) is 3.96. The van der Waals surface area contributed by atoms with Crippen molar-refractivity contribution in [3.63, 3.8) is 0 Å². The molecule has 0 saturated carbocycles. The van der Waals surface area contributed by atoms with Gasteiger partial charge >= 0.3 is 12.1 Å².